The normalized spacial score (nSPS) is 13.0. The average molecular weight is 313 g/mol. The number of aromatic nitrogens is 2. The lowest BCUT2D eigenvalue weighted by atomic mass is 10.1. The molecule has 2 aromatic rings. The van der Waals surface area contributed by atoms with E-state index in [0.29, 0.717) is 11.3 Å². The molecule has 0 aliphatic heterocycles. The summed E-state index contributed by atoms with van der Waals surface area (Å²) in [7, 11) is 1.40. The molecule has 0 saturated carbocycles. The lowest BCUT2D eigenvalue weighted by molar-refractivity contribution is -0.137. The number of aromatic amines is 1. The minimum atomic E-state index is -4.37. The highest BCUT2D eigenvalue weighted by Crippen LogP contribution is 2.30. The summed E-state index contributed by atoms with van der Waals surface area (Å²) in [6, 6.07) is 4.64. The average Bonchev–Trinajstić information content (AvgIpc) is 2.94. The first-order valence-corrected chi connectivity index (χ1v) is 6.37. The van der Waals surface area contributed by atoms with Gasteiger partial charge in [0.15, 0.2) is 0 Å². The molecule has 0 aliphatic carbocycles. The summed E-state index contributed by atoms with van der Waals surface area (Å²) in [6.45, 7) is 1.58. The molecule has 1 heterocycles. The minimum absolute atomic E-state index is 0.198. The Morgan fingerprint density at radius 2 is 1.95 bits per heavy atom. The van der Waals surface area contributed by atoms with Gasteiger partial charge in [-0.3, -0.25) is 10.1 Å². The van der Waals surface area contributed by atoms with E-state index in [0.717, 1.165) is 12.1 Å². The zero-order chi connectivity index (χ0) is 16.3. The Hall–Kier alpha value is -2.35. The van der Waals surface area contributed by atoms with Crippen molar-refractivity contribution in [2.75, 3.05) is 12.4 Å². The molecular weight excluding hydrogens is 299 g/mol. The second-order valence-electron chi connectivity index (χ2n) is 4.59. The van der Waals surface area contributed by atoms with Gasteiger partial charge in [0, 0.05) is 7.11 Å². The fourth-order valence-corrected chi connectivity index (χ4v) is 1.70. The van der Waals surface area contributed by atoms with E-state index in [4.69, 9.17) is 4.74 Å². The van der Waals surface area contributed by atoms with Crippen LogP contribution in [0.2, 0.25) is 0 Å². The molecule has 2 N–H and O–H groups in total. The van der Waals surface area contributed by atoms with E-state index in [1.165, 1.54) is 25.4 Å². The number of benzene rings is 1. The van der Waals surface area contributed by atoms with Crippen LogP contribution in [-0.2, 0) is 15.7 Å². The summed E-state index contributed by atoms with van der Waals surface area (Å²) in [5, 5.41) is 2.51. The molecule has 0 radical (unpaired) electrons. The SMILES string of the molecule is COC(C)C(=O)Nc1ncc(-c2ccc(C(F)(F)F)cc2)[nH]1. The number of imidazole rings is 1. The van der Waals surface area contributed by atoms with Gasteiger partial charge in [0.25, 0.3) is 5.91 Å². The first kappa shape index (κ1) is 16.0. The van der Waals surface area contributed by atoms with Crippen molar-refractivity contribution in [3.63, 3.8) is 0 Å². The Morgan fingerprint density at radius 1 is 1.32 bits per heavy atom. The predicted molar refractivity (Wildman–Crippen MR) is 74.1 cm³/mol. The molecule has 0 saturated heterocycles. The van der Waals surface area contributed by atoms with Crippen molar-refractivity contribution in [3.05, 3.63) is 36.0 Å². The van der Waals surface area contributed by atoms with E-state index in [9.17, 15) is 18.0 Å². The zero-order valence-electron chi connectivity index (χ0n) is 11.9. The molecular formula is C14H14F3N3O2. The molecule has 1 aromatic carbocycles. The van der Waals surface area contributed by atoms with Gasteiger partial charge in [-0.1, -0.05) is 12.1 Å². The summed E-state index contributed by atoms with van der Waals surface area (Å²) in [4.78, 5) is 18.4. The van der Waals surface area contributed by atoms with Crippen LogP contribution in [0, 0.1) is 0 Å². The van der Waals surface area contributed by atoms with E-state index in [-0.39, 0.29) is 11.9 Å². The van der Waals surface area contributed by atoms with Crippen molar-refractivity contribution in [1.29, 1.82) is 0 Å². The molecule has 8 heteroatoms. The number of nitrogens with zero attached hydrogens (tertiary/aromatic N) is 1. The third-order valence-electron chi connectivity index (χ3n) is 3.06. The van der Waals surface area contributed by atoms with Crippen LogP contribution in [0.1, 0.15) is 12.5 Å². The number of amides is 1. The Morgan fingerprint density at radius 3 is 2.50 bits per heavy atom. The van der Waals surface area contributed by atoms with Crippen LogP contribution in [0.25, 0.3) is 11.3 Å². The number of carbonyl (C=O) groups excluding carboxylic acids is 1. The molecule has 0 fully saturated rings. The largest absolute Gasteiger partial charge is 0.416 e. The zero-order valence-corrected chi connectivity index (χ0v) is 11.9. The summed E-state index contributed by atoms with van der Waals surface area (Å²) < 4.78 is 42.4. The maximum absolute atomic E-state index is 12.5. The van der Waals surface area contributed by atoms with Gasteiger partial charge in [-0.05, 0) is 24.6 Å². The van der Waals surface area contributed by atoms with Crippen LogP contribution in [0.3, 0.4) is 0 Å². The Labute approximate surface area is 124 Å². The highest BCUT2D eigenvalue weighted by Gasteiger charge is 2.30. The second kappa shape index (κ2) is 6.18. The first-order valence-electron chi connectivity index (χ1n) is 6.37. The number of rotatable bonds is 4. The van der Waals surface area contributed by atoms with E-state index >= 15 is 0 Å². The minimum Gasteiger partial charge on any atom is -0.372 e. The Balaban J connectivity index is 2.13. The van der Waals surface area contributed by atoms with Crippen molar-refractivity contribution < 1.29 is 22.7 Å². The van der Waals surface area contributed by atoms with Crippen LogP contribution in [-0.4, -0.2) is 29.1 Å². The quantitative estimate of drug-likeness (QED) is 0.911. The van der Waals surface area contributed by atoms with E-state index in [1.807, 2.05) is 0 Å². The molecule has 0 spiro atoms. The molecule has 2 rings (SSSR count). The topological polar surface area (TPSA) is 67.0 Å². The van der Waals surface area contributed by atoms with Crippen molar-refractivity contribution >= 4 is 11.9 Å². The van der Waals surface area contributed by atoms with Crippen molar-refractivity contribution in [2.45, 2.75) is 19.2 Å². The van der Waals surface area contributed by atoms with Crippen LogP contribution >= 0.6 is 0 Å². The number of ether oxygens (including phenoxy) is 1. The highest BCUT2D eigenvalue weighted by atomic mass is 19.4. The first-order chi connectivity index (χ1) is 10.3. The number of halogens is 3. The van der Waals surface area contributed by atoms with Crippen molar-refractivity contribution in [2.24, 2.45) is 0 Å². The van der Waals surface area contributed by atoms with E-state index in [2.05, 4.69) is 15.3 Å². The van der Waals surface area contributed by atoms with Gasteiger partial charge in [-0.25, -0.2) is 4.98 Å². The fraction of sp³-hybridized carbons (Fsp3) is 0.286. The Kier molecular flexibility index (Phi) is 4.51. The molecule has 0 bridgehead atoms. The number of nitrogens with one attached hydrogen (secondary N) is 2. The van der Waals surface area contributed by atoms with E-state index < -0.39 is 17.8 Å². The summed E-state index contributed by atoms with van der Waals surface area (Å²) in [5.41, 5.74) is 0.299. The van der Waals surface area contributed by atoms with Crippen molar-refractivity contribution in [1.82, 2.24) is 9.97 Å². The molecule has 0 aliphatic rings. The van der Waals surface area contributed by atoms with Gasteiger partial charge in [0.1, 0.15) is 6.10 Å². The molecule has 1 amide bonds. The number of hydrogen-bond donors (Lipinski definition) is 2. The smallest absolute Gasteiger partial charge is 0.372 e. The molecule has 1 atom stereocenters. The number of H-pyrrole nitrogens is 1. The number of carbonyl (C=O) groups is 1. The molecule has 5 nitrogen and oxygen atoms in total. The molecule has 118 valence electrons. The van der Waals surface area contributed by atoms with Crippen LogP contribution in [0.4, 0.5) is 19.1 Å². The predicted octanol–water partition coefficient (Wildman–Crippen LogP) is 3.07. The third-order valence-corrected chi connectivity index (χ3v) is 3.06. The van der Waals surface area contributed by atoms with Gasteiger partial charge in [-0.2, -0.15) is 13.2 Å². The third kappa shape index (κ3) is 3.64. The monoisotopic (exact) mass is 313 g/mol. The summed E-state index contributed by atoms with van der Waals surface area (Å²) >= 11 is 0. The van der Waals surface area contributed by atoms with Gasteiger partial charge in [-0.15, -0.1) is 0 Å². The lowest BCUT2D eigenvalue weighted by Gasteiger charge is -2.08. The maximum atomic E-state index is 12.5. The summed E-state index contributed by atoms with van der Waals surface area (Å²) in [6.07, 6.45) is -3.59. The van der Waals surface area contributed by atoms with Crippen LogP contribution in [0.5, 0.6) is 0 Å². The van der Waals surface area contributed by atoms with Gasteiger partial charge in [0.05, 0.1) is 17.5 Å². The number of anilines is 1. The molecule has 1 aromatic heterocycles. The van der Waals surface area contributed by atoms with Gasteiger partial charge < -0.3 is 9.72 Å². The number of hydrogen-bond acceptors (Lipinski definition) is 3. The highest BCUT2D eigenvalue weighted by molar-refractivity contribution is 5.92. The fourth-order valence-electron chi connectivity index (χ4n) is 1.70. The summed E-state index contributed by atoms with van der Waals surface area (Å²) in [5.74, 6) is -0.181. The maximum Gasteiger partial charge on any atom is 0.416 e. The van der Waals surface area contributed by atoms with Crippen LogP contribution in [0.15, 0.2) is 30.5 Å². The molecule has 1 unspecified atom stereocenters. The Bertz CT molecular complexity index is 650. The number of methoxy groups -OCH3 is 1. The van der Waals surface area contributed by atoms with Crippen LogP contribution < -0.4 is 5.32 Å². The van der Waals surface area contributed by atoms with E-state index in [1.54, 1.807) is 6.92 Å². The molecule has 22 heavy (non-hydrogen) atoms. The van der Waals surface area contributed by atoms with Gasteiger partial charge >= 0.3 is 6.18 Å². The van der Waals surface area contributed by atoms with Crippen molar-refractivity contribution in [3.8, 4) is 11.3 Å². The lowest BCUT2D eigenvalue weighted by Crippen LogP contribution is -2.26. The standard InChI is InChI=1S/C14H14F3N3O2/c1-8(22-2)12(21)20-13-18-7-11(19-13)9-3-5-10(6-4-9)14(15,16)17/h3-8H,1-2H3,(H2,18,19,20,21). The second-order valence-corrected chi connectivity index (χ2v) is 4.59. The number of alkyl halides is 3. The van der Waals surface area contributed by atoms with Gasteiger partial charge in [0.2, 0.25) is 5.95 Å².